The van der Waals surface area contributed by atoms with Crippen LogP contribution in [0.15, 0.2) is 24.3 Å². The average Bonchev–Trinajstić information content (AvgIpc) is 2.54. The van der Waals surface area contributed by atoms with E-state index in [4.69, 9.17) is 10.5 Å². The van der Waals surface area contributed by atoms with E-state index < -0.39 is 21.1 Å². The minimum atomic E-state index is -3.23. The number of hydrogen-bond acceptors (Lipinski definition) is 4. The van der Waals surface area contributed by atoms with Crippen molar-refractivity contribution in [2.45, 2.75) is 49.7 Å². The van der Waals surface area contributed by atoms with E-state index in [1.807, 2.05) is 24.3 Å². The summed E-state index contributed by atoms with van der Waals surface area (Å²) in [6.45, 7) is 4.87. The molecule has 2 atom stereocenters. The standard InChI is InChI=1S/C16H25NO3S/c1-3-13-4-6-14(7-5-13)16(17)12(2)21(18,19)15-8-10-20-11-9-15/h4-7,12,15-16H,3,8-11,17H2,1-2H3. The first kappa shape index (κ1) is 16.5. The highest BCUT2D eigenvalue weighted by molar-refractivity contribution is 7.92. The highest BCUT2D eigenvalue weighted by atomic mass is 32.2. The molecular weight excluding hydrogens is 286 g/mol. The van der Waals surface area contributed by atoms with Gasteiger partial charge in [0.1, 0.15) is 0 Å². The van der Waals surface area contributed by atoms with Crippen molar-refractivity contribution in [3.8, 4) is 0 Å². The third-order valence-electron chi connectivity index (χ3n) is 4.43. The third kappa shape index (κ3) is 3.65. The molecule has 1 aliphatic heterocycles. The molecule has 0 bridgehead atoms. The number of ether oxygens (including phenoxy) is 1. The molecule has 0 aromatic heterocycles. The summed E-state index contributed by atoms with van der Waals surface area (Å²) in [5, 5.41) is -0.893. The van der Waals surface area contributed by atoms with E-state index in [0.717, 1.165) is 12.0 Å². The van der Waals surface area contributed by atoms with Gasteiger partial charge in [-0.2, -0.15) is 0 Å². The number of nitrogens with two attached hydrogens (primary N) is 1. The zero-order chi connectivity index (χ0) is 15.5. The molecular formula is C16H25NO3S. The molecule has 1 fully saturated rings. The first-order valence-corrected chi connectivity index (χ1v) is 9.22. The highest BCUT2D eigenvalue weighted by Gasteiger charge is 2.36. The summed E-state index contributed by atoms with van der Waals surface area (Å²) in [6.07, 6.45) is 2.12. The van der Waals surface area contributed by atoms with Crippen LogP contribution in [0.3, 0.4) is 0 Å². The monoisotopic (exact) mass is 311 g/mol. The Balaban J connectivity index is 2.14. The molecule has 1 aromatic carbocycles. The number of rotatable bonds is 5. The maximum atomic E-state index is 12.7. The third-order valence-corrected chi connectivity index (χ3v) is 7.16. The molecule has 0 amide bonds. The molecule has 2 rings (SSSR count). The van der Waals surface area contributed by atoms with Gasteiger partial charge in [0.05, 0.1) is 10.5 Å². The van der Waals surface area contributed by atoms with Crippen molar-refractivity contribution < 1.29 is 13.2 Å². The molecule has 1 aliphatic rings. The summed E-state index contributed by atoms with van der Waals surface area (Å²) in [5.41, 5.74) is 8.32. The van der Waals surface area contributed by atoms with Crippen LogP contribution in [0.4, 0.5) is 0 Å². The lowest BCUT2D eigenvalue weighted by Gasteiger charge is -2.28. The van der Waals surface area contributed by atoms with Gasteiger partial charge in [0.2, 0.25) is 0 Å². The zero-order valence-electron chi connectivity index (χ0n) is 12.8. The lowest BCUT2D eigenvalue weighted by atomic mass is 10.0. The average molecular weight is 311 g/mol. The van der Waals surface area contributed by atoms with E-state index >= 15 is 0 Å². The minimum Gasteiger partial charge on any atom is -0.381 e. The lowest BCUT2D eigenvalue weighted by molar-refractivity contribution is 0.0981. The van der Waals surface area contributed by atoms with Crippen molar-refractivity contribution in [3.63, 3.8) is 0 Å². The summed E-state index contributed by atoms with van der Waals surface area (Å²) in [5.74, 6) is 0. The molecule has 5 heteroatoms. The van der Waals surface area contributed by atoms with Crippen molar-refractivity contribution in [3.05, 3.63) is 35.4 Å². The summed E-state index contributed by atoms with van der Waals surface area (Å²) in [7, 11) is -3.23. The molecule has 0 spiro atoms. The van der Waals surface area contributed by atoms with Crippen LogP contribution in [-0.4, -0.2) is 32.1 Å². The summed E-state index contributed by atoms with van der Waals surface area (Å²) in [4.78, 5) is 0. The van der Waals surface area contributed by atoms with E-state index in [-0.39, 0.29) is 5.25 Å². The van der Waals surface area contributed by atoms with Gasteiger partial charge < -0.3 is 10.5 Å². The molecule has 0 saturated carbocycles. The second-order valence-corrected chi connectivity index (χ2v) is 8.32. The smallest absolute Gasteiger partial charge is 0.157 e. The Labute approximate surface area is 127 Å². The summed E-state index contributed by atoms with van der Waals surface area (Å²) in [6, 6.07) is 7.44. The van der Waals surface area contributed by atoms with Gasteiger partial charge in [-0.05, 0) is 37.3 Å². The number of hydrogen-bond donors (Lipinski definition) is 1. The first-order chi connectivity index (χ1) is 9.96. The van der Waals surface area contributed by atoms with Crippen LogP contribution in [0.2, 0.25) is 0 Å². The fraction of sp³-hybridized carbons (Fsp3) is 0.625. The Kier molecular flexibility index (Phi) is 5.41. The molecule has 2 N–H and O–H groups in total. The van der Waals surface area contributed by atoms with Gasteiger partial charge in [-0.3, -0.25) is 0 Å². The molecule has 1 saturated heterocycles. The predicted molar refractivity (Wildman–Crippen MR) is 85.0 cm³/mol. The number of aryl methyl sites for hydroxylation is 1. The van der Waals surface area contributed by atoms with E-state index in [1.165, 1.54) is 5.56 Å². The Morgan fingerprint density at radius 1 is 1.24 bits per heavy atom. The van der Waals surface area contributed by atoms with Gasteiger partial charge in [0.25, 0.3) is 0 Å². The maximum Gasteiger partial charge on any atom is 0.157 e. The van der Waals surface area contributed by atoms with Crippen molar-refractivity contribution >= 4 is 9.84 Å². The predicted octanol–water partition coefficient (Wildman–Crippen LogP) is 2.23. The SMILES string of the molecule is CCc1ccc(C(N)C(C)S(=O)(=O)C2CCOCC2)cc1. The molecule has 1 heterocycles. The Morgan fingerprint density at radius 2 is 1.81 bits per heavy atom. The van der Waals surface area contributed by atoms with Gasteiger partial charge >= 0.3 is 0 Å². The zero-order valence-corrected chi connectivity index (χ0v) is 13.6. The fourth-order valence-electron chi connectivity index (χ4n) is 2.76. The normalized spacial score (nSPS) is 20.1. The largest absolute Gasteiger partial charge is 0.381 e. The summed E-state index contributed by atoms with van der Waals surface area (Å²) >= 11 is 0. The van der Waals surface area contributed by atoms with Gasteiger partial charge in [0.15, 0.2) is 9.84 Å². The van der Waals surface area contributed by atoms with Crippen LogP contribution in [0, 0.1) is 0 Å². The lowest BCUT2D eigenvalue weighted by Crippen LogP contribution is -2.40. The second kappa shape index (κ2) is 6.90. The maximum absolute atomic E-state index is 12.7. The molecule has 1 aromatic rings. The van der Waals surface area contributed by atoms with Crippen molar-refractivity contribution in [2.24, 2.45) is 5.73 Å². The van der Waals surface area contributed by atoms with E-state index in [0.29, 0.717) is 26.1 Å². The van der Waals surface area contributed by atoms with E-state index in [2.05, 4.69) is 6.92 Å². The highest BCUT2D eigenvalue weighted by Crippen LogP contribution is 2.27. The van der Waals surface area contributed by atoms with E-state index in [1.54, 1.807) is 6.92 Å². The van der Waals surface area contributed by atoms with Crippen LogP contribution in [0.5, 0.6) is 0 Å². The Bertz CT molecular complexity index is 547. The number of benzene rings is 1. The van der Waals surface area contributed by atoms with Crippen LogP contribution in [-0.2, 0) is 21.0 Å². The quantitative estimate of drug-likeness (QED) is 0.905. The van der Waals surface area contributed by atoms with Gasteiger partial charge in [-0.15, -0.1) is 0 Å². The fourth-order valence-corrected chi connectivity index (χ4v) is 4.78. The molecule has 4 nitrogen and oxygen atoms in total. The van der Waals surface area contributed by atoms with Gasteiger partial charge in [0, 0.05) is 19.3 Å². The molecule has 0 radical (unpaired) electrons. The number of sulfone groups is 1. The first-order valence-electron chi connectivity index (χ1n) is 7.61. The second-order valence-electron chi connectivity index (χ2n) is 5.73. The van der Waals surface area contributed by atoms with Crippen LogP contribution >= 0.6 is 0 Å². The summed E-state index contributed by atoms with van der Waals surface area (Å²) < 4.78 is 30.6. The van der Waals surface area contributed by atoms with Crippen molar-refractivity contribution in [2.75, 3.05) is 13.2 Å². The molecule has 2 unspecified atom stereocenters. The van der Waals surface area contributed by atoms with Crippen LogP contribution in [0.25, 0.3) is 0 Å². The molecule has 118 valence electrons. The van der Waals surface area contributed by atoms with Crippen molar-refractivity contribution in [1.82, 2.24) is 0 Å². The van der Waals surface area contributed by atoms with Crippen LogP contribution in [0.1, 0.15) is 43.9 Å². The van der Waals surface area contributed by atoms with E-state index in [9.17, 15) is 8.42 Å². The van der Waals surface area contributed by atoms with Gasteiger partial charge in [-0.1, -0.05) is 31.2 Å². The Hall–Kier alpha value is -0.910. The Morgan fingerprint density at radius 3 is 2.33 bits per heavy atom. The molecule has 21 heavy (non-hydrogen) atoms. The van der Waals surface area contributed by atoms with Crippen molar-refractivity contribution in [1.29, 1.82) is 0 Å². The topological polar surface area (TPSA) is 69.4 Å². The van der Waals surface area contributed by atoms with Crippen LogP contribution < -0.4 is 5.73 Å². The molecule has 0 aliphatic carbocycles. The minimum absolute atomic E-state index is 0.317. The van der Waals surface area contributed by atoms with Gasteiger partial charge in [-0.25, -0.2) is 8.42 Å².